The molecular weight excluding hydrogens is 376 g/mol. The Balaban J connectivity index is 2.69. The van der Waals surface area contributed by atoms with Crippen LogP contribution in [-0.2, 0) is 19.4 Å². The second-order valence-electron chi connectivity index (χ2n) is 6.69. The lowest BCUT2D eigenvalue weighted by Gasteiger charge is -2.24. The van der Waals surface area contributed by atoms with Crippen LogP contribution >= 0.6 is 23.4 Å². The minimum atomic E-state index is -3.24. The normalized spacial score (nSPS) is 24.2. The zero-order valence-electron chi connectivity index (χ0n) is 14.3. The number of halogens is 1. The average molecular weight is 401 g/mol. The first-order valence-electron chi connectivity index (χ1n) is 7.57. The molecule has 1 fully saturated rings. The van der Waals surface area contributed by atoms with E-state index in [0.717, 1.165) is 0 Å². The van der Waals surface area contributed by atoms with E-state index in [1.165, 1.54) is 11.8 Å². The van der Waals surface area contributed by atoms with Crippen LogP contribution in [0, 0.1) is 0 Å². The van der Waals surface area contributed by atoms with Crippen LogP contribution in [0.25, 0.3) is 0 Å². The van der Waals surface area contributed by atoms with Crippen molar-refractivity contribution in [1.82, 2.24) is 10.6 Å². The Morgan fingerprint density at radius 3 is 2.42 bits per heavy atom. The third kappa shape index (κ3) is 7.48. The van der Waals surface area contributed by atoms with E-state index in [4.69, 9.17) is 16.3 Å². The SMILES string of the molecule is CSCC[C@H](NC(=O)OC(C)(C)C)C(=O)N[C@@H]1CS(=O)(=O)C[C@@H]1Cl. The molecule has 0 aromatic carbocycles. The van der Waals surface area contributed by atoms with E-state index in [1.54, 1.807) is 20.8 Å². The van der Waals surface area contributed by atoms with Gasteiger partial charge in [0.1, 0.15) is 11.6 Å². The molecule has 1 saturated heterocycles. The number of hydrogen-bond donors (Lipinski definition) is 2. The Morgan fingerprint density at radius 1 is 1.33 bits per heavy atom. The molecule has 1 aliphatic heterocycles. The van der Waals surface area contributed by atoms with E-state index in [9.17, 15) is 18.0 Å². The largest absolute Gasteiger partial charge is 0.444 e. The van der Waals surface area contributed by atoms with Crippen LogP contribution in [0.15, 0.2) is 0 Å². The zero-order valence-corrected chi connectivity index (χ0v) is 16.7. The van der Waals surface area contributed by atoms with Gasteiger partial charge in [-0.05, 0) is 39.2 Å². The van der Waals surface area contributed by atoms with E-state index < -0.39 is 44.9 Å². The van der Waals surface area contributed by atoms with Crippen LogP contribution < -0.4 is 10.6 Å². The Morgan fingerprint density at radius 2 is 1.96 bits per heavy atom. The quantitative estimate of drug-likeness (QED) is 0.648. The maximum atomic E-state index is 12.4. The van der Waals surface area contributed by atoms with Gasteiger partial charge in [-0.1, -0.05) is 0 Å². The lowest BCUT2D eigenvalue weighted by Crippen LogP contribution is -2.52. The summed E-state index contributed by atoms with van der Waals surface area (Å²) in [5.41, 5.74) is -0.675. The maximum Gasteiger partial charge on any atom is 0.408 e. The smallest absolute Gasteiger partial charge is 0.408 e. The molecule has 0 aromatic rings. The summed E-state index contributed by atoms with van der Waals surface area (Å²) in [6.45, 7) is 5.18. The van der Waals surface area contributed by atoms with E-state index in [2.05, 4.69) is 10.6 Å². The molecule has 0 saturated carbocycles. The molecule has 0 aromatic heterocycles. The Labute approximate surface area is 152 Å². The molecule has 0 radical (unpaired) electrons. The number of carbonyl (C=O) groups is 2. The minimum absolute atomic E-state index is 0.158. The van der Waals surface area contributed by atoms with Crippen molar-refractivity contribution >= 4 is 45.2 Å². The molecule has 1 heterocycles. The molecule has 24 heavy (non-hydrogen) atoms. The first kappa shape index (κ1) is 21.4. The number of thioether (sulfide) groups is 1. The summed E-state index contributed by atoms with van der Waals surface area (Å²) in [5.74, 6) is -0.146. The lowest BCUT2D eigenvalue weighted by molar-refractivity contribution is -0.123. The fourth-order valence-corrected chi connectivity index (χ4v) is 5.20. The number of carbonyl (C=O) groups excluding carboxylic acids is 2. The molecule has 3 atom stereocenters. The van der Waals surface area contributed by atoms with Gasteiger partial charge < -0.3 is 15.4 Å². The fourth-order valence-electron chi connectivity index (χ4n) is 2.17. The highest BCUT2D eigenvalue weighted by Gasteiger charge is 2.38. The van der Waals surface area contributed by atoms with Crippen molar-refractivity contribution in [1.29, 1.82) is 0 Å². The van der Waals surface area contributed by atoms with Crippen molar-refractivity contribution in [3.8, 4) is 0 Å². The number of alkyl halides is 1. The number of sulfone groups is 1. The number of hydrogen-bond acceptors (Lipinski definition) is 6. The number of rotatable bonds is 6. The lowest BCUT2D eigenvalue weighted by atomic mass is 10.1. The van der Waals surface area contributed by atoms with Crippen LogP contribution in [-0.4, -0.2) is 67.0 Å². The van der Waals surface area contributed by atoms with E-state index in [0.29, 0.717) is 12.2 Å². The first-order chi connectivity index (χ1) is 10.9. The minimum Gasteiger partial charge on any atom is -0.444 e. The van der Waals surface area contributed by atoms with Gasteiger partial charge in [-0.3, -0.25) is 4.79 Å². The summed E-state index contributed by atoms with van der Waals surface area (Å²) in [4.78, 5) is 24.3. The van der Waals surface area contributed by atoms with Gasteiger partial charge in [-0.25, -0.2) is 13.2 Å². The second kappa shape index (κ2) is 8.62. The standard InChI is InChI=1S/C14H25ClN2O5S2/c1-14(2,3)22-13(19)17-10(5-6-23-4)12(18)16-11-8-24(20,21)7-9(11)15/h9-11H,5-8H2,1-4H3,(H,16,18)(H,17,19)/t9-,10-,11+/m0/s1. The van der Waals surface area contributed by atoms with Gasteiger partial charge in [0.15, 0.2) is 9.84 Å². The summed E-state index contributed by atoms with van der Waals surface area (Å²) in [7, 11) is -3.24. The summed E-state index contributed by atoms with van der Waals surface area (Å²) >= 11 is 7.54. The molecule has 1 rings (SSSR count). The van der Waals surface area contributed by atoms with Crippen molar-refractivity contribution < 1.29 is 22.7 Å². The van der Waals surface area contributed by atoms with Gasteiger partial charge in [0.2, 0.25) is 5.91 Å². The van der Waals surface area contributed by atoms with Crippen LogP contribution in [0.5, 0.6) is 0 Å². The van der Waals surface area contributed by atoms with Gasteiger partial charge >= 0.3 is 6.09 Å². The number of amides is 2. The van der Waals surface area contributed by atoms with Crippen molar-refractivity contribution in [2.24, 2.45) is 0 Å². The molecule has 10 heteroatoms. The van der Waals surface area contributed by atoms with E-state index in [-0.39, 0.29) is 11.5 Å². The molecule has 7 nitrogen and oxygen atoms in total. The third-order valence-corrected chi connectivity index (χ3v) is 6.25. The van der Waals surface area contributed by atoms with Gasteiger partial charge in [-0.15, -0.1) is 11.6 Å². The van der Waals surface area contributed by atoms with Gasteiger partial charge in [0.05, 0.1) is 22.9 Å². The monoisotopic (exact) mass is 400 g/mol. The average Bonchev–Trinajstić information content (AvgIpc) is 2.64. The Hall–Kier alpha value is -0.670. The van der Waals surface area contributed by atoms with Gasteiger partial charge in [0, 0.05) is 0 Å². The van der Waals surface area contributed by atoms with E-state index in [1.807, 2.05) is 6.26 Å². The highest BCUT2D eigenvalue weighted by atomic mass is 35.5. The molecule has 1 aliphatic rings. The summed E-state index contributed by atoms with van der Waals surface area (Å²) in [5, 5.41) is 4.51. The van der Waals surface area contributed by atoms with Crippen LogP contribution in [0.1, 0.15) is 27.2 Å². The highest BCUT2D eigenvalue weighted by Crippen LogP contribution is 2.18. The molecule has 140 valence electrons. The molecular formula is C14H25ClN2O5S2. The van der Waals surface area contributed by atoms with Crippen molar-refractivity contribution in [3.05, 3.63) is 0 Å². The molecule has 0 bridgehead atoms. The number of ether oxygens (including phenoxy) is 1. The van der Waals surface area contributed by atoms with Gasteiger partial charge in [-0.2, -0.15) is 11.8 Å². The predicted octanol–water partition coefficient (Wildman–Crippen LogP) is 1.15. The molecule has 2 amide bonds. The molecule has 0 spiro atoms. The highest BCUT2D eigenvalue weighted by molar-refractivity contribution is 7.98. The number of alkyl carbamates (subject to hydrolysis) is 1. The van der Waals surface area contributed by atoms with Crippen molar-refractivity contribution in [2.75, 3.05) is 23.5 Å². The number of nitrogens with one attached hydrogen (secondary N) is 2. The second-order valence-corrected chi connectivity index (χ2v) is 10.4. The van der Waals surface area contributed by atoms with Crippen LogP contribution in [0.2, 0.25) is 0 Å². The first-order valence-corrected chi connectivity index (χ1v) is 11.2. The third-order valence-electron chi connectivity index (χ3n) is 3.23. The topological polar surface area (TPSA) is 102 Å². The molecule has 2 N–H and O–H groups in total. The predicted molar refractivity (Wildman–Crippen MR) is 96.4 cm³/mol. The van der Waals surface area contributed by atoms with Crippen LogP contribution in [0.3, 0.4) is 0 Å². The van der Waals surface area contributed by atoms with Crippen molar-refractivity contribution in [2.45, 2.75) is 50.3 Å². The van der Waals surface area contributed by atoms with Crippen molar-refractivity contribution in [3.63, 3.8) is 0 Å². The molecule has 0 unspecified atom stereocenters. The van der Waals surface area contributed by atoms with Gasteiger partial charge in [0.25, 0.3) is 0 Å². The summed E-state index contributed by atoms with van der Waals surface area (Å²) in [6.07, 6.45) is 1.60. The zero-order chi connectivity index (χ0) is 18.5. The summed E-state index contributed by atoms with van der Waals surface area (Å²) in [6, 6.07) is -1.46. The Kier molecular flexibility index (Phi) is 7.68. The Bertz CT molecular complexity index is 562. The fraction of sp³-hybridized carbons (Fsp3) is 0.857. The van der Waals surface area contributed by atoms with Crippen LogP contribution in [0.4, 0.5) is 4.79 Å². The summed E-state index contributed by atoms with van der Waals surface area (Å²) < 4.78 is 28.3. The van der Waals surface area contributed by atoms with E-state index >= 15 is 0 Å². The maximum absolute atomic E-state index is 12.4. The molecule has 0 aliphatic carbocycles.